The van der Waals surface area contributed by atoms with Gasteiger partial charge in [0.1, 0.15) is 17.1 Å². The highest BCUT2D eigenvalue weighted by atomic mass is 19.4. The second-order valence-electron chi connectivity index (χ2n) is 8.88. The van der Waals surface area contributed by atoms with Crippen LogP contribution in [0.1, 0.15) is 65.3 Å². The first-order valence-corrected chi connectivity index (χ1v) is 11.6. The van der Waals surface area contributed by atoms with Gasteiger partial charge in [-0.25, -0.2) is 4.68 Å². The third-order valence-electron chi connectivity index (χ3n) is 6.82. The zero-order chi connectivity index (χ0) is 24.6. The van der Waals surface area contributed by atoms with Crippen LogP contribution in [0.5, 0.6) is 5.75 Å². The number of benzene rings is 1. The highest BCUT2D eigenvalue weighted by Gasteiger charge is 2.48. The zero-order valence-electron chi connectivity index (χ0n) is 19.2. The van der Waals surface area contributed by atoms with Crippen LogP contribution in [0.2, 0.25) is 0 Å². The molecule has 2 aromatic heterocycles. The van der Waals surface area contributed by atoms with Gasteiger partial charge in [-0.15, -0.1) is 0 Å². The number of carbonyl (C=O) groups excluding carboxylic acids is 1. The van der Waals surface area contributed by atoms with E-state index < -0.39 is 18.3 Å². The fourth-order valence-corrected chi connectivity index (χ4v) is 5.13. The zero-order valence-corrected chi connectivity index (χ0v) is 19.2. The van der Waals surface area contributed by atoms with Gasteiger partial charge < -0.3 is 15.0 Å². The maximum Gasteiger partial charge on any atom is 0.410 e. The van der Waals surface area contributed by atoms with Crippen LogP contribution in [0.4, 0.5) is 19.0 Å². The molecule has 1 N–H and O–H groups in total. The number of aromatic nitrogens is 3. The molecule has 1 fully saturated rings. The van der Waals surface area contributed by atoms with Crippen LogP contribution in [-0.4, -0.2) is 45.4 Å². The number of anilines is 1. The summed E-state index contributed by atoms with van der Waals surface area (Å²) in [4.78, 5) is 19.7. The SMILES string of the molecule is COc1ccccc1[C@@H]1C[C@@H](C(F)(F)F)n2ncc(C(=O)N3CCCC[C@H]3c3cccnc3)c2N1. The number of nitrogens with zero attached hydrogens (tertiary/aromatic N) is 4. The predicted octanol–water partition coefficient (Wildman–Crippen LogP) is 5.31. The molecule has 4 heterocycles. The maximum atomic E-state index is 14.1. The van der Waals surface area contributed by atoms with Crippen molar-refractivity contribution in [1.29, 1.82) is 0 Å². The molecule has 184 valence electrons. The van der Waals surface area contributed by atoms with Gasteiger partial charge in [-0.3, -0.25) is 9.78 Å². The van der Waals surface area contributed by atoms with E-state index in [2.05, 4.69) is 15.4 Å². The molecule has 0 bridgehead atoms. The minimum absolute atomic E-state index is 0.0787. The number of pyridine rings is 1. The van der Waals surface area contributed by atoms with Gasteiger partial charge in [0.05, 0.1) is 25.4 Å². The largest absolute Gasteiger partial charge is 0.496 e. The number of methoxy groups -OCH3 is 1. The number of halogens is 3. The Morgan fingerprint density at radius 2 is 1.97 bits per heavy atom. The van der Waals surface area contributed by atoms with E-state index in [4.69, 9.17) is 4.74 Å². The number of amides is 1. The third-order valence-corrected chi connectivity index (χ3v) is 6.82. The van der Waals surface area contributed by atoms with E-state index in [1.54, 1.807) is 41.6 Å². The number of ether oxygens (including phenoxy) is 1. The lowest BCUT2D eigenvalue weighted by Gasteiger charge is -2.37. The molecule has 3 aromatic rings. The van der Waals surface area contributed by atoms with Crippen LogP contribution in [-0.2, 0) is 0 Å². The molecule has 0 aliphatic carbocycles. The van der Waals surface area contributed by atoms with Crippen molar-refractivity contribution < 1.29 is 22.7 Å². The Kier molecular flexibility index (Phi) is 6.12. The quantitative estimate of drug-likeness (QED) is 0.542. The van der Waals surface area contributed by atoms with E-state index in [-0.39, 0.29) is 29.8 Å². The van der Waals surface area contributed by atoms with E-state index in [9.17, 15) is 18.0 Å². The van der Waals surface area contributed by atoms with Crippen LogP contribution in [0.15, 0.2) is 55.0 Å². The number of hydrogen-bond donors (Lipinski definition) is 1. The number of para-hydroxylation sites is 1. The number of likely N-dealkylation sites (tertiary alicyclic amines) is 1. The monoisotopic (exact) mass is 485 g/mol. The highest BCUT2D eigenvalue weighted by molar-refractivity contribution is 5.99. The summed E-state index contributed by atoms with van der Waals surface area (Å²) in [5, 5.41) is 7.21. The van der Waals surface area contributed by atoms with Crippen molar-refractivity contribution in [2.24, 2.45) is 0 Å². The number of fused-ring (bicyclic) bond motifs is 1. The molecule has 0 spiro atoms. The Balaban J connectivity index is 1.53. The van der Waals surface area contributed by atoms with Crippen molar-refractivity contribution in [3.63, 3.8) is 0 Å². The molecule has 0 unspecified atom stereocenters. The van der Waals surface area contributed by atoms with E-state index >= 15 is 0 Å². The van der Waals surface area contributed by atoms with Gasteiger partial charge in [0, 0.05) is 30.9 Å². The summed E-state index contributed by atoms with van der Waals surface area (Å²) < 4.78 is 48.7. The van der Waals surface area contributed by atoms with Crippen molar-refractivity contribution in [3.8, 4) is 5.75 Å². The summed E-state index contributed by atoms with van der Waals surface area (Å²) in [5.74, 6) is 0.225. The number of alkyl halides is 3. The summed E-state index contributed by atoms with van der Waals surface area (Å²) >= 11 is 0. The molecule has 2 aliphatic heterocycles. The number of rotatable bonds is 4. The first-order chi connectivity index (χ1) is 16.9. The molecule has 3 atom stereocenters. The van der Waals surface area contributed by atoms with Crippen molar-refractivity contribution in [3.05, 3.63) is 71.7 Å². The van der Waals surface area contributed by atoms with Crippen molar-refractivity contribution in [2.45, 2.75) is 50.0 Å². The number of hydrogen-bond acceptors (Lipinski definition) is 5. The number of carbonyl (C=O) groups is 1. The minimum atomic E-state index is -4.53. The third kappa shape index (κ3) is 4.33. The average Bonchev–Trinajstić information content (AvgIpc) is 3.31. The van der Waals surface area contributed by atoms with Crippen LogP contribution in [0, 0.1) is 0 Å². The average molecular weight is 486 g/mol. The first kappa shape index (κ1) is 23.2. The summed E-state index contributed by atoms with van der Waals surface area (Å²) in [6.45, 7) is 0.516. The molecule has 1 amide bonds. The summed E-state index contributed by atoms with van der Waals surface area (Å²) in [6, 6.07) is 7.95. The number of piperidine rings is 1. The molecule has 35 heavy (non-hydrogen) atoms. The molecule has 0 radical (unpaired) electrons. The van der Waals surface area contributed by atoms with Gasteiger partial charge >= 0.3 is 6.18 Å². The molecule has 2 aliphatic rings. The smallest absolute Gasteiger partial charge is 0.410 e. The Morgan fingerprint density at radius 3 is 2.71 bits per heavy atom. The van der Waals surface area contributed by atoms with Crippen molar-refractivity contribution in [2.75, 3.05) is 19.0 Å². The lowest BCUT2D eigenvalue weighted by molar-refractivity contribution is -0.173. The molecule has 0 saturated carbocycles. The number of nitrogens with one attached hydrogen (secondary N) is 1. The van der Waals surface area contributed by atoms with Crippen LogP contribution < -0.4 is 10.1 Å². The van der Waals surface area contributed by atoms with E-state index in [0.29, 0.717) is 17.9 Å². The second kappa shape index (κ2) is 9.24. The van der Waals surface area contributed by atoms with Gasteiger partial charge in [0.25, 0.3) is 5.91 Å². The van der Waals surface area contributed by atoms with Crippen molar-refractivity contribution >= 4 is 11.7 Å². The normalized spacial score (nSPS) is 22.3. The minimum Gasteiger partial charge on any atom is -0.496 e. The Labute approximate surface area is 200 Å². The van der Waals surface area contributed by atoms with Gasteiger partial charge in [-0.2, -0.15) is 18.3 Å². The van der Waals surface area contributed by atoms with E-state index in [1.807, 2.05) is 12.1 Å². The highest BCUT2D eigenvalue weighted by Crippen LogP contribution is 2.46. The topological polar surface area (TPSA) is 72.3 Å². The maximum absolute atomic E-state index is 14.1. The Hall–Kier alpha value is -3.56. The summed E-state index contributed by atoms with van der Waals surface area (Å²) in [6.07, 6.45) is 2.41. The van der Waals surface area contributed by atoms with E-state index in [0.717, 1.165) is 29.5 Å². The Bertz CT molecular complexity index is 1200. The molecule has 7 nitrogen and oxygen atoms in total. The molecular formula is C25H26F3N5O2. The predicted molar refractivity (Wildman–Crippen MR) is 123 cm³/mol. The second-order valence-corrected chi connectivity index (χ2v) is 8.88. The molecule has 1 saturated heterocycles. The molecule has 5 rings (SSSR count). The molecular weight excluding hydrogens is 459 g/mol. The summed E-state index contributed by atoms with van der Waals surface area (Å²) in [5.41, 5.74) is 1.64. The lowest BCUT2D eigenvalue weighted by atomic mass is 9.94. The van der Waals surface area contributed by atoms with Gasteiger partial charge in [-0.05, 0) is 37.0 Å². The van der Waals surface area contributed by atoms with Crippen LogP contribution >= 0.6 is 0 Å². The van der Waals surface area contributed by atoms with Crippen LogP contribution in [0.25, 0.3) is 0 Å². The Morgan fingerprint density at radius 1 is 1.14 bits per heavy atom. The molecule has 1 aromatic carbocycles. The van der Waals surface area contributed by atoms with Crippen molar-refractivity contribution in [1.82, 2.24) is 19.7 Å². The van der Waals surface area contributed by atoms with Gasteiger partial charge in [-0.1, -0.05) is 24.3 Å². The fraction of sp³-hybridized carbons (Fsp3) is 0.400. The lowest BCUT2D eigenvalue weighted by Crippen LogP contribution is -2.40. The summed E-state index contributed by atoms with van der Waals surface area (Å²) in [7, 11) is 1.48. The fourth-order valence-electron chi connectivity index (χ4n) is 5.13. The van der Waals surface area contributed by atoms with E-state index in [1.165, 1.54) is 13.3 Å². The van der Waals surface area contributed by atoms with Gasteiger partial charge in [0.2, 0.25) is 0 Å². The standard InChI is InChI=1S/C25H26F3N5O2/c1-35-21-10-3-2-8-17(21)19-13-22(25(26,27)28)33-23(31-19)18(15-30-33)24(34)32-12-5-4-9-20(32)16-7-6-11-29-14-16/h2-3,6-8,10-11,14-15,19-20,22,31H,4-5,9,12-13H2,1H3/t19-,20-,22-/m0/s1. The first-order valence-electron chi connectivity index (χ1n) is 11.6. The molecule has 10 heteroatoms. The van der Waals surface area contributed by atoms with Gasteiger partial charge in [0.15, 0.2) is 6.04 Å². The van der Waals surface area contributed by atoms with Crippen LogP contribution in [0.3, 0.4) is 0 Å².